The van der Waals surface area contributed by atoms with Gasteiger partial charge in [-0.3, -0.25) is 9.78 Å². The minimum atomic E-state index is 0.139. The Bertz CT molecular complexity index is 927. The minimum absolute atomic E-state index is 0.139. The van der Waals surface area contributed by atoms with Gasteiger partial charge in [-0.25, -0.2) is 0 Å². The molecule has 146 valence electrons. The number of carbonyl (C=O) groups excluding carboxylic acids is 1. The number of pyridine rings is 1. The van der Waals surface area contributed by atoms with E-state index >= 15 is 0 Å². The average molecular weight is 375 g/mol. The Balaban J connectivity index is 1.34. The van der Waals surface area contributed by atoms with E-state index in [1.165, 1.54) is 44.1 Å². The lowest BCUT2D eigenvalue weighted by atomic mass is 9.48. The molecule has 0 spiro atoms. The third-order valence-electron chi connectivity index (χ3n) is 8.50. The number of carbonyl (C=O) groups is 1. The van der Waals surface area contributed by atoms with Crippen molar-refractivity contribution >= 4 is 16.8 Å². The summed E-state index contributed by atoms with van der Waals surface area (Å²) >= 11 is 0. The lowest BCUT2D eigenvalue weighted by molar-refractivity contribution is -0.0687. The van der Waals surface area contributed by atoms with E-state index in [0.29, 0.717) is 5.41 Å². The predicted molar refractivity (Wildman–Crippen MR) is 111 cm³/mol. The number of aromatic nitrogens is 1. The molecule has 1 aromatic heterocycles. The molecule has 7 rings (SSSR count). The molecule has 2 aromatic rings. The molecule has 5 aliphatic carbocycles. The van der Waals surface area contributed by atoms with E-state index in [0.717, 1.165) is 59.2 Å². The van der Waals surface area contributed by atoms with E-state index in [9.17, 15) is 4.79 Å². The van der Waals surface area contributed by atoms with E-state index in [2.05, 4.69) is 18.3 Å². The van der Waals surface area contributed by atoms with Crippen molar-refractivity contribution in [1.82, 2.24) is 10.3 Å². The van der Waals surface area contributed by atoms with Gasteiger partial charge in [-0.15, -0.1) is 0 Å². The molecule has 1 amide bonds. The van der Waals surface area contributed by atoms with Crippen molar-refractivity contribution in [3.63, 3.8) is 0 Å². The zero-order chi connectivity index (χ0) is 18.9. The predicted octanol–water partition coefficient (Wildman–Crippen LogP) is 5.06. The lowest BCUT2D eigenvalue weighted by Gasteiger charge is -2.59. The number of hydrogen-bond acceptors (Lipinski definition) is 2. The van der Waals surface area contributed by atoms with Crippen LogP contribution in [0.2, 0.25) is 0 Å². The first-order valence-corrected chi connectivity index (χ1v) is 11.3. The van der Waals surface area contributed by atoms with E-state index < -0.39 is 0 Å². The van der Waals surface area contributed by atoms with Gasteiger partial charge in [0.15, 0.2) is 0 Å². The number of fused-ring (bicyclic) bond motifs is 2. The second kappa shape index (κ2) is 6.05. The molecule has 0 unspecified atom stereocenters. The van der Waals surface area contributed by atoms with Crippen LogP contribution in [0.5, 0.6) is 0 Å². The Labute approximate surface area is 167 Å². The van der Waals surface area contributed by atoms with Crippen LogP contribution in [0.1, 0.15) is 73.5 Å². The van der Waals surface area contributed by atoms with Gasteiger partial charge in [0.05, 0.1) is 11.1 Å². The Kier molecular flexibility index (Phi) is 3.67. The maximum absolute atomic E-state index is 13.6. The van der Waals surface area contributed by atoms with Gasteiger partial charge in [0.25, 0.3) is 5.91 Å². The highest BCUT2D eigenvalue weighted by molar-refractivity contribution is 6.08. The number of amides is 1. The standard InChI is InChI=1S/C25H30N2O/c1-15(25-12-16-9-17(13-25)11-18(10-16)14-25)26-24(28)23-19-5-2-3-7-21(19)27-22-8-4-6-20(22)23/h2-3,5,7,15-18H,4,6,8-14H2,1H3,(H,26,28)/t15-,16?,17?,18?,25?/m0/s1. The van der Waals surface area contributed by atoms with Gasteiger partial charge < -0.3 is 5.32 Å². The van der Waals surface area contributed by atoms with Crippen molar-refractivity contribution in [2.24, 2.45) is 23.2 Å². The van der Waals surface area contributed by atoms with Crippen molar-refractivity contribution in [3.8, 4) is 0 Å². The van der Waals surface area contributed by atoms with Gasteiger partial charge in [-0.05, 0) is 99.5 Å². The molecule has 5 aliphatic rings. The van der Waals surface area contributed by atoms with Gasteiger partial charge in [-0.2, -0.15) is 0 Å². The minimum Gasteiger partial charge on any atom is -0.349 e. The Hall–Kier alpha value is -1.90. The Morgan fingerprint density at radius 3 is 2.46 bits per heavy atom. The fraction of sp³-hybridized carbons (Fsp3) is 0.600. The first kappa shape index (κ1) is 17.0. The molecular formula is C25H30N2O. The quantitative estimate of drug-likeness (QED) is 0.816. The highest BCUT2D eigenvalue weighted by Crippen LogP contribution is 2.61. The molecule has 3 nitrogen and oxygen atoms in total. The number of aryl methyl sites for hydroxylation is 1. The summed E-state index contributed by atoms with van der Waals surface area (Å²) in [5, 5.41) is 4.53. The number of para-hydroxylation sites is 1. The summed E-state index contributed by atoms with van der Waals surface area (Å²) in [6.07, 6.45) is 11.4. The van der Waals surface area contributed by atoms with Crippen molar-refractivity contribution in [3.05, 3.63) is 41.1 Å². The normalized spacial score (nSPS) is 33.8. The average Bonchev–Trinajstić information content (AvgIpc) is 3.12. The largest absolute Gasteiger partial charge is 0.349 e. The van der Waals surface area contributed by atoms with Gasteiger partial charge in [-0.1, -0.05) is 18.2 Å². The van der Waals surface area contributed by atoms with E-state index in [1.54, 1.807) is 0 Å². The topological polar surface area (TPSA) is 42.0 Å². The summed E-state index contributed by atoms with van der Waals surface area (Å²) in [6, 6.07) is 8.44. The third-order valence-corrected chi connectivity index (χ3v) is 8.50. The van der Waals surface area contributed by atoms with E-state index in [-0.39, 0.29) is 11.9 Å². The van der Waals surface area contributed by atoms with Crippen LogP contribution in [0.25, 0.3) is 10.9 Å². The Morgan fingerprint density at radius 1 is 1.07 bits per heavy atom. The zero-order valence-electron chi connectivity index (χ0n) is 16.8. The molecule has 28 heavy (non-hydrogen) atoms. The second-order valence-corrected chi connectivity index (χ2v) is 10.3. The summed E-state index contributed by atoms with van der Waals surface area (Å²) in [4.78, 5) is 18.4. The van der Waals surface area contributed by atoms with Gasteiger partial charge in [0.2, 0.25) is 0 Å². The van der Waals surface area contributed by atoms with Crippen LogP contribution in [0.15, 0.2) is 24.3 Å². The lowest BCUT2D eigenvalue weighted by Crippen LogP contribution is -2.55. The van der Waals surface area contributed by atoms with E-state index in [4.69, 9.17) is 4.98 Å². The molecule has 3 heteroatoms. The monoisotopic (exact) mass is 374 g/mol. The van der Waals surface area contributed by atoms with Crippen LogP contribution in [0.3, 0.4) is 0 Å². The highest BCUT2D eigenvalue weighted by Gasteiger charge is 2.53. The molecule has 0 saturated heterocycles. The Morgan fingerprint density at radius 2 is 1.75 bits per heavy atom. The fourth-order valence-electron chi connectivity index (χ4n) is 7.60. The molecule has 0 aliphatic heterocycles. The SMILES string of the molecule is C[C@H](NC(=O)c1c2c(nc3ccccc13)CCC2)C12CC3CC(CC(C3)C1)C2. The highest BCUT2D eigenvalue weighted by atomic mass is 16.1. The smallest absolute Gasteiger partial charge is 0.252 e. The zero-order valence-corrected chi connectivity index (χ0v) is 16.8. The summed E-state index contributed by atoms with van der Waals surface area (Å²) < 4.78 is 0. The first-order valence-electron chi connectivity index (χ1n) is 11.3. The van der Waals surface area contributed by atoms with Gasteiger partial charge in [0, 0.05) is 17.1 Å². The molecule has 4 bridgehead atoms. The number of hydrogen-bond donors (Lipinski definition) is 1. The molecule has 1 N–H and O–H groups in total. The van der Waals surface area contributed by atoms with Crippen molar-refractivity contribution in [2.45, 2.75) is 70.8 Å². The van der Waals surface area contributed by atoms with Crippen molar-refractivity contribution < 1.29 is 4.79 Å². The summed E-state index contributed by atoms with van der Waals surface area (Å²) in [6.45, 7) is 2.29. The van der Waals surface area contributed by atoms with E-state index in [1.807, 2.05) is 18.2 Å². The molecule has 4 saturated carbocycles. The molecule has 1 aromatic carbocycles. The first-order chi connectivity index (χ1) is 13.6. The number of rotatable bonds is 3. The summed E-state index contributed by atoms with van der Waals surface area (Å²) in [5.74, 6) is 2.88. The van der Waals surface area contributed by atoms with Crippen LogP contribution in [-0.4, -0.2) is 16.9 Å². The maximum atomic E-state index is 13.6. The van der Waals surface area contributed by atoms with Gasteiger partial charge >= 0.3 is 0 Å². The number of benzene rings is 1. The molecule has 4 fully saturated rings. The molecule has 1 heterocycles. The van der Waals surface area contributed by atoms with Crippen LogP contribution in [-0.2, 0) is 12.8 Å². The van der Waals surface area contributed by atoms with Crippen LogP contribution in [0, 0.1) is 23.2 Å². The second-order valence-electron chi connectivity index (χ2n) is 10.3. The van der Waals surface area contributed by atoms with Crippen LogP contribution in [0.4, 0.5) is 0 Å². The van der Waals surface area contributed by atoms with Crippen LogP contribution >= 0.6 is 0 Å². The molecule has 1 atom stereocenters. The maximum Gasteiger partial charge on any atom is 0.252 e. The molecular weight excluding hydrogens is 344 g/mol. The third kappa shape index (κ3) is 2.47. The van der Waals surface area contributed by atoms with Gasteiger partial charge in [0.1, 0.15) is 0 Å². The fourth-order valence-corrected chi connectivity index (χ4v) is 7.60. The summed E-state index contributed by atoms with van der Waals surface area (Å²) in [7, 11) is 0. The summed E-state index contributed by atoms with van der Waals surface area (Å²) in [5.41, 5.74) is 4.57. The van der Waals surface area contributed by atoms with Crippen LogP contribution < -0.4 is 5.32 Å². The number of nitrogens with one attached hydrogen (secondary N) is 1. The molecule has 0 radical (unpaired) electrons. The number of nitrogens with zero attached hydrogens (tertiary/aromatic N) is 1. The van der Waals surface area contributed by atoms with Crippen molar-refractivity contribution in [2.75, 3.05) is 0 Å². The van der Waals surface area contributed by atoms with Crippen molar-refractivity contribution in [1.29, 1.82) is 0 Å².